The van der Waals surface area contributed by atoms with Crippen LogP contribution in [0.5, 0.6) is 0 Å². The predicted molar refractivity (Wildman–Crippen MR) is 72.0 cm³/mol. The molecule has 0 bridgehead atoms. The van der Waals surface area contributed by atoms with E-state index in [1.807, 2.05) is 0 Å². The van der Waals surface area contributed by atoms with Crippen molar-refractivity contribution in [3.05, 3.63) is 0 Å². The fourth-order valence-corrected chi connectivity index (χ4v) is 2.09. The second-order valence-electron chi connectivity index (χ2n) is 4.93. The molecule has 0 aromatic carbocycles. The Morgan fingerprint density at radius 3 is 1.69 bits per heavy atom. The summed E-state index contributed by atoms with van der Waals surface area (Å²) in [5.41, 5.74) is 0. The van der Waals surface area contributed by atoms with Gasteiger partial charge in [-0.1, -0.05) is 71.1 Å². The van der Waals surface area contributed by atoms with E-state index in [2.05, 4.69) is 6.92 Å². The Bertz CT molecular complexity index is 135. The van der Waals surface area contributed by atoms with Gasteiger partial charge in [-0.15, -0.1) is 0 Å². The first kappa shape index (κ1) is 17.0. The van der Waals surface area contributed by atoms with Gasteiger partial charge >= 0.3 is 0 Å². The molecule has 1 radical (unpaired) electrons. The van der Waals surface area contributed by atoms with Crippen molar-refractivity contribution in [3.8, 4) is 0 Å². The van der Waals surface area contributed by atoms with Crippen LogP contribution in [-0.2, 0) is 4.74 Å². The van der Waals surface area contributed by atoms with E-state index in [0.717, 1.165) is 6.61 Å². The number of epoxide rings is 1. The molecule has 1 fully saturated rings. The van der Waals surface area contributed by atoms with Crippen LogP contribution in [0.2, 0.25) is 0 Å². The number of ether oxygens (including phenoxy) is 1. The molecule has 0 aliphatic carbocycles. The number of unbranched alkanes of at least 4 members (excludes halogenated alkanes) is 9. The van der Waals surface area contributed by atoms with Gasteiger partial charge in [0, 0.05) is 29.6 Å². The molecule has 1 aliphatic heterocycles. The zero-order chi connectivity index (χ0) is 10.8. The molecule has 0 aromatic heterocycles. The third kappa shape index (κ3) is 11.4. The van der Waals surface area contributed by atoms with Gasteiger partial charge in [-0.2, -0.15) is 0 Å². The Labute approximate surface area is 124 Å². The minimum Gasteiger partial charge on any atom is -0.373 e. The maximum Gasteiger partial charge on any atom is 0.0810 e. The van der Waals surface area contributed by atoms with Gasteiger partial charge in [0.15, 0.2) is 0 Å². The molecule has 2 heteroatoms. The molecule has 1 saturated heterocycles. The summed E-state index contributed by atoms with van der Waals surface area (Å²) in [4.78, 5) is 0. The minimum absolute atomic E-state index is 0. The van der Waals surface area contributed by atoms with Gasteiger partial charge in [-0.25, -0.2) is 0 Å². The van der Waals surface area contributed by atoms with Gasteiger partial charge in [0.2, 0.25) is 0 Å². The molecule has 0 spiro atoms. The molecule has 1 rings (SSSR count). The number of rotatable bonds is 11. The Morgan fingerprint density at radius 2 is 1.25 bits per heavy atom. The van der Waals surface area contributed by atoms with Crippen LogP contribution >= 0.6 is 0 Å². The maximum atomic E-state index is 5.19. The van der Waals surface area contributed by atoms with Gasteiger partial charge in [0.25, 0.3) is 0 Å². The predicted octanol–water partition coefficient (Wildman–Crippen LogP) is 4.32. The zero-order valence-corrected chi connectivity index (χ0v) is 13.5. The minimum atomic E-state index is 0. The van der Waals surface area contributed by atoms with Crippen LogP contribution in [0.3, 0.4) is 0 Å². The fourth-order valence-electron chi connectivity index (χ4n) is 2.09. The topological polar surface area (TPSA) is 12.5 Å². The van der Waals surface area contributed by atoms with Crippen molar-refractivity contribution in [1.82, 2.24) is 0 Å². The summed E-state index contributed by atoms with van der Waals surface area (Å²) in [6.45, 7) is 3.32. The largest absolute Gasteiger partial charge is 0.373 e. The van der Waals surface area contributed by atoms with E-state index in [9.17, 15) is 0 Å². The summed E-state index contributed by atoms with van der Waals surface area (Å²) in [6.07, 6.45) is 16.3. The SMILES string of the molecule is CCCCCCCCCCCCC1CO1.[Na]. The maximum absolute atomic E-state index is 5.19. The standard InChI is InChI=1S/C14H28O.Na/c1-2-3-4-5-6-7-8-9-10-11-12-14-13-15-14;/h14H,2-13H2,1H3;. The van der Waals surface area contributed by atoms with Crippen molar-refractivity contribution in [3.63, 3.8) is 0 Å². The molecule has 91 valence electrons. The summed E-state index contributed by atoms with van der Waals surface area (Å²) in [5, 5.41) is 0. The summed E-state index contributed by atoms with van der Waals surface area (Å²) >= 11 is 0. The fraction of sp³-hybridized carbons (Fsp3) is 1.00. The molecule has 1 nitrogen and oxygen atoms in total. The van der Waals surface area contributed by atoms with E-state index in [1.165, 1.54) is 70.6 Å². The van der Waals surface area contributed by atoms with Crippen molar-refractivity contribution in [1.29, 1.82) is 0 Å². The van der Waals surface area contributed by atoms with Crippen LogP contribution < -0.4 is 0 Å². The first-order valence-corrected chi connectivity index (χ1v) is 7.05. The quantitative estimate of drug-likeness (QED) is 0.295. The smallest absolute Gasteiger partial charge is 0.0810 e. The van der Waals surface area contributed by atoms with Crippen molar-refractivity contribution in [2.75, 3.05) is 6.61 Å². The van der Waals surface area contributed by atoms with E-state index in [-0.39, 0.29) is 29.6 Å². The van der Waals surface area contributed by atoms with E-state index < -0.39 is 0 Å². The Kier molecular flexibility index (Phi) is 13.2. The van der Waals surface area contributed by atoms with E-state index in [4.69, 9.17) is 4.74 Å². The van der Waals surface area contributed by atoms with Crippen molar-refractivity contribution in [2.24, 2.45) is 0 Å². The first-order chi connectivity index (χ1) is 7.43. The van der Waals surface area contributed by atoms with E-state index in [1.54, 1.807) is 0 Å². The third-order valence-electron chi connectivity index (χ3n) is 3.28. The van der Waals surface area contributed by atoms with Crippen molar-refractivity contribution in [2.45, 2.75) is 83.7 Å². The molecule has 0 aromatic rings. The molecule has 0 N–H and O–H groups in total. The Hall–Kier alpha value is 0.960. The second kappa shape index (κ2) is 12.4. The Balaban J connectivity index is 0.00000225. The molecular formula is C14H28NaO. The second-order valence-corrected chi connectivity index (χ2v) is 4.93. The van der Waals surface area contributed by atoms with Crippen molar-refractivity contribution >= 4 is 29.6 Å². The van der Waals surface area contributed by atoms with Gasteiger partial charge < -0.3 is 4.74 Å². The zero-order valence-electron chi connectivity index (χ0n) is 11.5. The summed E-state index contributed by atoms with van der Waals surface area (Å²) < 4.78 is 5.19. The third-order valence-corrected chi connectivity index (χ3v) is 3.28. The van der Waals surface area contributed by atoms with Gasteiger partial charge in [0.05, 0.1) is 12.7 Å². The van der Waals surface area contributed by atoms with Gasteiger partial charge in [-0.3, -0.25) is 0 Å². The summed E-state index contributed by atoms with van der Waals surface area (Å²) in [7, 11) is 0. The summed E-state index contributed by atoms with van der Waals surface area (Å²) in [5.74, 6) is 0. The van der Waals surface area contributed by atoms with Gasteiger partial charge in [0.1, 0.15) is 0 Å². The average molecular weight is 235 g/mol. The first-order valence-electron chi connectivity index (χ1n) is 7.05. The van der Waals surface area contributed by atoms with Crippen LogP contribution in [0.25, 0.3) is 0 Å². The molecule has 1 heterocycles. The number of hydrogen-bond acceptors (Lipinski definition) is 1. The molecule has 1 aliphatic rings. The number of hydrogen-bond donors (Lipinski definition) is 0. The summed E-state index contributed by atoms with van der Waals surface area (Å²) in [6, 6.07) is 0. The van der Waals surface area contributed by atoms with Crippen LogP contribution in [0.1, 0.15) is 77.6 Å². The molecule has 0 amide bonds. The molecular weight excluding hydrogens is 207 g/mol. The average Bonchev–Trinajstić information content (AvgIpc) is 3.05. The molecule has 1 atom stereocenters. The van der Waals surface area contributed by atoms with Crippen LogP contribution in [-0.4, -0.2) is 42.3 Å². The van der Waals surface area contributed by atoms with E-state index >= 15 is 0 Å². The molecule has 1 unspecified atom stereocenters. The monoisotopic (exact) mass is 235 g/mol. The van der Waals surface area contributed by atoms with Crippen LogP contribution in [0.15, 0.2) is 0 Å². The van der Waals surface area contributed by atoms with Gasteiger partial charge in [-0.05, 0) is 6.42 Å². The van der Waals surface area contributed by atoms with Crippen molar-refractivity contribution < 1.29 is 4.74 Å². The molecule has 16 heavy (non-hydrogen) atoms. The normalized spacial score (nSPS) is 18.2. The van der Waals surface area contributed by atoms with Crippen LogP contribution in [0.4, 0.5) is 0 Å². The Morgan fingerprint density at radius 1 is 0.812 bits per heavy atom. The molecule has 0 saturated carbocycles. The van der Waals surface area contributed by atoms with E-state index in [0.29, 0.717) is 6.10 Å². The van der Waals surface area contributed by atoms with Crippen LogP contribution in [0, 0.1) is 0 Å².